The number of ether oxygens (including phenoxy) is 2. The Kier molecular flexibility index (Phi) is 9.03. The van der Waals surface area contributed by atoms with Gasteiger partial charge in [0.05, 0.1) is 12.7 Å². The minimum absolute atomic E-state index is 0.00164. The third-order valence-corrected chi connectivity index (χ3v) is 6.62. The fourth-order valence-corrected chi connectivity index (χ4v) is 4.66. The van der Waals surface area contributed by atoms with Gasteiger partial charge >= 0.3 is 0 Å². The number of carbonyl (C=O) groups excluding carboxylic acids is 1. The highest BCUT2D eigenvalue weighted by Crippen LogP contribution is 2.30. The van der Waals surface area contributed by atoms with E-state index in [9.17, 15) is 14.4 Å². The van der Waals surface area contributed by atoms with E-state index in [2.05, 4.69) is 58.7 Å². The Morgan fingerprint density at radius 1 is 0.944 bits per heavy atom. The normalized spacial score (nSPS) is 14.8. The smallest absolute Gasteiger partial charge is 0.272 e. The number of benzene rings is 2. The maximum absolute atomic E-state index is 12.2. The van der Waals surface area contributed by atoms with Gasteiger partial charge in [-0.05, 0) is 50.3 Å². The summed E-state index contributed by atoms with van der Waals surface area (Å²) in [6, 6.07) is 20.7. The van der Waals surface area contributed by atoms with Crippen molar-refractivity contribution in [3.05, 3.63) is 92.2 Å². The highest BCUT2D eigenvalue weighted by molar-refractivity contribution is 5.93. The number of likely N-dealkylation sites (tertiary alicyclic amines) is 1. The minimum atomic E-state index is -0.682. The first-order valence-electron chi connectivity index (χ1n) is 12.8. The highest BCUT2D eigenvalue weighted by Gasteiger charge is 2.25. The molecule has 1 amide bonds. The van der Waals surface area contributed by atoms with Crippen molar-refractivity contribution in [3.63, 3.8) is 0 Å². The maximum atomic E-state index is 12.2. The molecule has 3 aromatic rings. The molecule has 0 aliphatic carbocycles. The van der Waals surface area contributed by atoms with Gasteiger partial charge in [0.25, 0.3) is 10.9 Å². The van der Waals surface area contributed by atoms with Crippen LogP contribution in [0.15, 0.2) is 70.3 Å². The number of unbranched alkanes of at least 4 members (excludes halogenated alkanes) is 1. The first-order valence-corrected chi connectivity index (χ1v) is 12.8. The number of hydrogen-bond acceptors (Lipinski definition) is 6. The summed E-state index contributed by atoms with van der Waals surface area (Å²) in [6.45, 7) is 4.85. The number of nitrogens with zero attached hydrogens (tertiary/aromatic N) is 1. The van der Waals surface area contributed by atoms with Gasteiger partial charge in [0.15, 0.2) is 5.75 Å². The quantitative estimate of drug-likeness (QED) is 0.304. The van der Waals surface area contributed by atoms with Crippen molar-refractivity contribution in [1.82, 2.24) is 4.90 Å². The van der Waals surface area contributed by atoms with Crippen LogP contribution in [0.5, 0.6) is 5.75 Å². The molecule has 4 rings (SSSR count). The number of piperidine rings is 1. The molecule has 190 valence electrons. The Balaban J connectivity index is 1.18. The van der Waals surface area contributed by atoms with Crippen molar-refractivity contribution in [3.8, 4) is 5.75 Å². The zero-order valence-electron chi connectivity index (χ0n) is 20.8. The van der Waals surface area contributed by atoms with Crippen molar-refractivity contribution in [2.24, 2.45) is 0 Å². The molecular formula is C29H34N2O5. The molecule has 7 nitrogen and oxygen atoms in total. The van der Waals surface area contributed by atoms with Crippen LogP contribution in [0.2, 0.25) is 0 Å². The van der Waals surface area contributed by atoms with Crippen LogP contribution >= 0.6 is 0 Å². The first kappa shape index (κ1) is 25.8. The molecule has 3 aromatic carbocycles. The molecule has 0 unspecified atom stereocenters. The van der Waals surface area contributed by atoms with E-state index in [0.29, 0.717) is 12.8 Å². The van der Waals surface area contributed by atoms with Gasteiger partial charge in [0, 0.05) is 19.5 Å². The summed E-state index contributed by atoms with van der Waals surface area (Å²) in [5.74, 6) is -0.286. The molecule has 0 radical (unpaired) electrons. The summed E-state index contributed by atoms with van der Waals surface area (Å²) in [5, 5.41) is 2.54. The van der Waals surface area contributed by atoms with Gasteiger partial charge in [0.1, 0.15) is 11.8 Å². The molecule has 1 saturated heterocycles. The van der Waals surface area contributed by atoms with Gasteiger partial charge in [0.2, 0.25) is 5.91 Å². The summed E-state index contributed by atoms with van der Waals surface area (Å²) < 4.78 is 11.8. The van der Waals surface area contributed by atoms with Crippen LogP contribution < -0.4 is 20.9 Å². The number of hydrogen-bond donors (Lipinski definition) is 1. The third-order valence-electron chi connectivity index (χ3n) is 6.62. The number of anilines is 1. The van der Waals surface area contributed by atoms with Crippen molar-refractivity contribution in [1.29, 1.82) is 0 Å². The van der Waals surface area contributed by atoms with Crippen LogP contribution in [0.25, 0.3) is 0 Å². The largest absolute Gasteiger partial charge is 0.488 e. The van der Waals surface area contributed by atoms with E-state index in [0.717, 1.165) is 38.9 Å². The fourth-order valence-electron chi connectivity index (χ4n) is 4.66. The second kappa shape index (κ2) is 12.6. The summed E-state index contributed by atoms with van der Waals surface area (Å²) in [4.78, 5) is 37.8. The van der Waals surface area contributed by atoms with Crippen molar-refractivity contribution in [2.45, 2.75) is 51.2 Å². The monoisotopic (exact) mass is 490 g/mol. The molecule has 0 spiro atoms. The van der Waals surface area contributed by atoms with E-state index < -0.39 is 10.9 Å². The molecule has 0 atom stereocenters. The Bertz CT molecular complexity index is 1140. The molecule has 0 bridgehead atoms. The molecule has 0 aromatic heterocycles. The summed E-state index contributed by atoms with van der Waals surface area (Å²) in [7, 11) is 0. The predicted molar refractivity (Wildman–Crippen MR) is 140 cm³/mol. The van der Waals surface area contributed by atoms with Crippen molar-refractivity contribution < 1.29 is 14.3 Å². The van der Waals surface area contributed by atoms with Gasteiger partial charge in [-0.2, -0.15) is 0 Å². The lowest BCUT2D eigenvalue weighted by atomic mass is 10.00. The van der Waals surface area contributed by atoms with E-state index in [4.69, 9.17) is 9.47 Å². The zero-order chi connectivity index (χ0) is 25.3. The van der Waals surface area contributed by atoms with Crippen LogP contribution in [0.1, 0.15) is 56.3 Å². The molecule has 1 aliphatic heterocycles. The molecule has 0 saturated carbocycles. The number of carbonyl (C=O) groups is 1. The Hall–Kier alpha value is -3.29. The second-order valence-corrected chi connectivity index (χ2v) is 9.18. The SMILES string of the molecule is CCOc1c(NC(=O)CCCCN2CCC(OC(c3ccccc3)c3ccccc3)CC2)c(=O)c1=O. The van der Waals surface area contributed by atoms with Gasteiger partial charge in [-0.15, -0.1) is 0 Å². The van der Waals surface area contributed by atoms with E-state index in [1.165, 1.54) is 11.1 Å². The second-order valence-electron chi connectivity index (χ2n) is 9.18. The first-order chi connectivity index (χ1) is 17.6. The molecule has 1 fully saturated rings. The van der Waals surface area contributed by atoms with Crippen molar-refractivity contribution in [2.75, 3.05) is 31.6 Å². The lowest BCUT2D eigenvalue weighted by molar-refractivity contribution is -0.116. The van der Waals surface area contributed by atoms with E-state index >= 15 is 0 Å². The third kappa shape index (κ3) is 6.47. The number of rotatable bonds is 12. The lowest BCUT2D eigenvalue weighted by Gasteiger charge is -2.34. The summed E-state index contributed by atoms with van der Waals surface area (Å²) in [6.07, 6.45) is 3.99. The number of nitrogens with one attached hydrogen (secondary N) is 1. The molecule has 7 heteroatoms. The van der Waals surface area contributed by atoms with Gasteiger partial charge in [-0.1, -0.05) is 60.7 Å². The van der Waals surface area contributed by atoms with Gasteiger partial charge < -0.3 is 19.7 Å². The van der Waals surface area contributed by atoms with E-state index in [1.807, 2.05) is 12.1 Å². The van der Waals surface area contributed by atoms with Gasteiger partial charge in [-0.25, -0.2) is 0 Å². The zero-order valence-corrected chi connectivity index (χ0v) is 20.8. The summed E-state index contributed by atoms with van der Waals surface area (Å²) in [5.41, 5.74) is 0.985. The van der Waals surface area contributed by atoms with Crippen molar-refractivity contribution >= 4 is 11.6 Å². The molecule has 1 aliphatic rings. The van der Waals surface area contributed by atoms with Gasteiger partial charge in [-0.3, -0.25) is 14.4 Å². The minimum Gasteiger partial charge on any atom is -0.488 e. The molecular weight excluding hydrogens is 456 g/mol. The van der Waals surface area contributed by atoms with Crippen LogP contribution in [-0.2, 0) is 9.53 Å². The average Bonchev–Trinajstić information content (AvgIpc) is 2.93. The maximum Gasteiger partial charge on any atom is 0.272 e. The predicted octanol–water partition coefficient (Wildman–Crippen LogP) is 4.06. The standard InChI is InChI=1S/C29H34N2O5/c1-2-35-29-25(26(33)27(29)34)30-24(32)15-9-10-18-31-19-16-23(17-20-31)36-28(21-11-5-3-6-12-21)22-13-7-4-8-14-22/h3-8,11-14,23,28H,2,9-10,15-20H2,1H3,(H,30,32). The van der Waals surface area contributed by atoms with E-state index in [-0.39, 0.29) is 36.2 Å². The Morgan fingerprint density at radius 3 is 2.14 bits per heavy atom. The van der Waals surface area contributed by atoms with Crippen LogP contribution in [0.4, 0.5) is 5.69 Å². The Labute approximate surface area is 211 Å². The summed E-state index contributed by atoms with van der Waals surface area (Å²) >= 11 is 0. The molecule has 1 heterocycles. The topological polar surface area (TPSA) is 84.9 Å². The molecule has 1 N–H and O–H groups in total. The van der Waals surface area contributed by atoms with Crippen LogP contribution in [-0.4, -0.2) is 43.2 Å². The highest BCUT2D eigenvalue weighted by atomic mass is 16.5. The average molecular weight is 491 g/mol. The fraction of sp³-hybridized carbons (Fsp3) is 0.414. The molecule has 36 heavy (non-hydrogen) atoms. The van der Waals surface area contributed by atoms with Crippen LogP contribution in [0.3, 0.4) is 0 Å². The lowest BCUT2D eigenvalue weighted by Crippen LogP contribution is -2.38. The Morgan fingerprint density at radius 2 is 1.56 bits per heavy atom. The van der Waals surface area contributed by atoms with E-state index in [1.54, 1.807) is 6.92 Å². The van der Waals surface area contributed by atoms with Crippen LogP contribution in [0, 0.1) is 0 Å². The number of amides is 1.